The van der Waals surface area contributed by atoms with E-state index in [0.717, 1.165) is 31.1 Å². The Balaban J connectivity index is 1.32. The number of methoxy groups -OCH3 is 1. The van der Waals surface area contributed by atoms with Gasteiger partial charge in [0.25, 0.3) is 0 Å². The molecule has 2 aromatic carbocycles. The summed E-state index contributed by atoms with van der Waals surface area (Å²) >= 11 is 0. The maximum atomic E-state index is 13.0. The maximum absolute atomic E-state index is 13.0. The Morgan fingerprint density at radius 1 is 1.03 bits per heavy atom. The minimum Gasteiger partial charge on any atom is -0.497 e. The molecule has 0 radical (unpaired) electrons. The van der Waals surface area contributed by atoms with Crippen LogP contribution in [0.3, 0.4) is 0 Å². The van der Waals surface area contributed by atoms with Gasteiger partial charge in [0.2, 0.25) is 0 Å². The molecule has 38 heavy (non-hydrogen) atoms. The minimum atomic E-state index is -0.377. The summed E-state index contributed by atoms with van der Waals surface area (Å²) in [5, 5.41) is 0.857. The molecule has 0 aliphatic heterocycles. The first kappa shape index (κ1) is 26.1. The van der Waals surface area contributed by atoms with Crippen molar-refractivity contribution in [2.24, 2.45) is 22.7 Å². The van der Waals surface area contributed by atoms with Crippen LogP contribution < -0.4 is 15.1 Å². The summed E-state index contributed by atoms with van der Waals surface area (Å²) in [5.74, 6) is 1.59. The summed E-state index contributed by atoms with van der Waals surface area (Å²) in [5.41, 5.74) is 1.63. The predicted octanol–water partition coefficient (Wildman–Crippen LogP) is 6.81. The lowest BCUT2D eigenvalue weighted by Gasteiger charge is -2.59. The zero-order valence-electron chi connectivity index (χ0n) is 22.6. The fourth-order valence-corrected chi connectivity index (χ4v) is 6.91. The molecule has 0 spiro atoms. The Hall–Kier alpha value is -3.54. The molecule has 0 unspecified atom stereocenters. The molecule has 2 fully saturated rings. The number of carbonyl (C=O) groups is 1. The van der Waals surface area contributed by atoms with E-state index < -0.39 is 0 Å². The SMILES string of the molecule is C=C1CC[C@@H]2C(C)(C)[C@H](OC(=O)c3ccc(OC)cc3)CC[C@@]2(C)[C@@H]1COc1ccc2ccc(=O)oc2c1. The lowest BCUT2D eigenvalue weighted by atomic mass is 9.47. The molecular weight excluding hydrogens is 480 g/mol. The highest BCUT2D eigenvalue weighted by Crippen LogP contribution is 2.61. The molecule has 1 heterocycles. The quantitative estimate of drug-likeness (QED) is 0.203. The summed E-state index contributed by atoms with van der Waals surface area (Å²) in [4.78, 5) is 24.7. The van der Waals surface area contributed by atoms with Gasteiger partial charge >= 0.3 is 11.6 Å². The summed E-state index contributed by atoms with van der Waals surface area (Å²) in [6.45, 7) is 11.8. The highest BCUT2D eigenvalue weighted by atomic mass is 16.5. The number of benzene rings is 2. The van der Waals surface area contributed by atoms with E-state index in [1.807, 2.05) is 12.1 Å². The van der Waals surface area contributed by atoms with Crippen LogP contribution in [-0.4, -0.2) is 25.8 Å². The fraction of sp³-hybridized carbons (Fsp3) is 0.438. The largest absolute Gasteiger partial charge is 0.497 e. The van der Waals surface area contributed by atoms with Crippen LogP contribution in [0, 0.1) is 22.7 Å². The van der Waals surface area contributed by atoms with Crippen molar-refractivity contribution in [3.8, 4) is 11.5 Å². The zero-order chi connectivity index (χ0) is 27.1. The Morgan fingerprint density at radius 2 is 1.74 bits per heavy atom. The molecule has 1 aromatic heterocycles. The van der Waals surface area contributed by atoms with Crippen molar-refractivity contribution in [3.63, 3.8) is 0 Å². The van der Waals surface area contributed by atoms with Crippen molar-refractivity contribution in [1.29, 1.82) is 0 Å². The molecule has 4 atom stereocenters. The zero-order valence-corrected chi connectivity index (χ0v) is 22.6. The number of rotatable bonds is 6. The first-order chi connectivity index (χ1) is 18.1. The summed E-state index contributed by atoms with van der Waals surface area (Å²) in [7, 11) is 1.60. The molecule has 200 valence electrons. The second-order valence-corrected chi connectivity index (χ2v) is 11.6. The van der Waals surface area contributed by atoms with Gasteiger partial charge in [-0.05, 0) is 79.5 Å². The van der Waals surface area contributed by atoms with Crippen molar-refractivity contribution in [2.45, 2.75) is 52.6 Å². The van der Waals surface area contributed by atoms with Crippen molar-refractivity contribution in [2.75, 3.05) is 13.7 Å². The van der Waals surface area contributed by atoms with Gasteiger partial charge in [0.15, 0.2) is 0 Å². The summed E-state index contributed by atoms with van der Waals surface area (Å²) < 4.78 is 23.0. The van der Waals surface area contributed by atoms with Gasteiger partial charge in [-0.25, -0.2) is 9.59 Å². The number of fused-ring (bicyclic) bond motifs is 2. The summed E-state index contributed by atoms with van der Waals surface area (Å²) in [6, 6.07) is 15.8. The van der Waals surface area contributed by atoms with Crippen molar-refractivity contribution < 1.29 is 23.4 Å². The number of carbonyl (C=O) groups excluding carboxylic acids is 1. The Labute approximate surface area is 223 Å². The lowest BCUT2D eigenvalue weighted by Crippen LogP contribution is -2.56. The van der Waals surface area contributed by atoms with Crippen LogP contribution in [0.1, 0.15) is 56.8 Å². The maximum Gasteiger partial charge on any atom is 0.338 e. The van der Waals surface area contributed by atoms with E-state index in [1.54, 1.807) is 43.5 Å². The van der Waals surface area contributed by atoms with E-state index in [-0.39, 0.29) is 34.4 Å². The number of hydrogen-bond acceptors (Lipinski definition) is 6. The molecule has 2 saturated carbocycles. The van der Waals surface area contributed by atoms with Gasteiger partial charge in [-0.3, -0.25) is 0 Å². The monoisotopic (exact) mass is 516 g/mol. The lowest BCUT2D eigenvalue weighted by molar-refractivity contribution is -0.132. The molecule has 0 N–H and O–H groups in total. The molecule has 0 amide bonds. The molecule has 5 rings (SSSR count). The van der Waals surface area contributed by atoms with Crippen molar-refractivity contribution in [3.05, 3.63) is 82.7 Å². The topological polar surface area (TPSA) is 75.0 Å². The van der Waals surface area contributed by atoms with E-state index in [9.17, 15) is 9.59 Å². The van der Waals surface area contributed by atoms with E-state index in [2.05, 4.69) is 27.4 Å². The third-order valence-corrected chi connectivity index (χ3v) is 9.10. The van der Waals surface area contributed by atoms with Crippen LogP contribution in [0.2, 0.25) is 0 Å². The molecule has 2 aliphatic rings. The van der Waals surface area contributed by atoms with Gasteiger partial charge in [-0.2, -0.15) is 0 Å². The van der Waals surface area contributed by atoms with Crippen LogP contribution in [0.5, 0.6) is 11.5 Å². The van der Waals surface area contributed by atoms with Gasteiger partial charge in [0.1, 0.15) is 23.2 Å². The first-order valence-electron chi connectivity index (χ1n) is 13.3. The third kappa shape index (κ3) is 4.72. The van der Waals surface area contributed by atoms with Gasteiger partial charge < -0.3 is 18.6 Å². The Bertz CT molecular complexity index is 1400. The average Bonchev–Trinajstić information content (AvgIpc) is 2.89. The second kappa shape index (κ2) is 9.97. The normalized spacial score (nSPS) is 26.4. The van der Waals surface area contributed by atoms with Gasteiger partial charge in [0.05, 0.1) is 19.3 Å². The predicted molar refractivity (Wildman–Crippen MR) is 147 cm³/mol. The Morgan fingerprint density at radius 3 is 2.47 bits per heavy atom. The van der Waals surface area contributed by atoms with E-state index in [1.165, 1.54) is 11.6 Å². The smallest absolute Gasteiger partial charge is 0.338 e. The number of ether oxygens (including phenoxy) is 3. The van der Waals surface area contributed by atoms with E-state index >= 15 is 0 Å². The Kier molecular flexibility index (Phi) is 6.84. The first-order valence-corrected chi connectivity index (χ1v) is 13.3. The van der Waals surface area contributed by atoms with Gasteiger partial charge in [-0.15, -0.1) is 0 Å². The molecule has 6 heteroatoms. The summed E-state index contributed by atoms with van der Waals surface area (Å²) in [6.07, 6.45) is 3.46. The molecular formula is C32H36O6. The third-order valence-electron chi connectivity index (χ3n) is 9.10. The van der Waals surface area contributed by atoms with Gasteiger partial charge in [-0.1, -0.05) is 32.9 Å². The fourth-order valence-electron chi connectivity index (χ4n) is 6.91. The molecule has 0 bridgehead atoms. The van der Waals surface area contributed by atoms with Crippen LogP contribution in [0.4, 0.5) is 0 Å². The molecule has 3 aromatic rings. The number of esters is 1. The van der Waals surface area contributed by atoms with Crippen molar-refractivity contribution in [1.82, 2.24) is 0 Å². The second-order valence-electron chi connectivity index (χ2n) is 11.6. The van der Waals surface area contributed by atoms with Crippen LogP contribution >= 0.6 is 0 Å². The minimum absolute atomic E-state index is 0.0364. The van der Waals surface area contributed by atoms with E-state index in [4.69, 9.17) is 18.6 Å². The van der Waals surface area contributed by atoms with Crippen LogP contribution in [-0.2, 0) is 4.74 Å². The van der Waals surface area contributed by atoms with Crippen molar-refractivity contribution >= 4 is 16.9 Å². The van der Waals surface area contributed by atoms with Gasteiger partial charge in [0, 0.05) is 28.9 Å². The van der Waals surface area contributed by atoms with E-state index in [0.29, 0.717) is 35.2 Å². The van der Waals surface area contributed by atoms with Crippen LogP contribution in [0.15, 0.2) is 76.0 Å². The molecule has 0 saturated heterocycles. The standard InChI is InChI=1S/C32H36O6/c1-20-6-14-27-31(2,3)28(38-30(34)22-8-11-23(35-5)12-9-22)16-17-32(27,4)25(20)19-36-24-13-7-21-10-15-29(33)37-26(21)18-24/h7-13,15,18,25,27-28H,1,6,14,16-17,19H2,2-5H3/t25-,27-,28-,32+/m1/s1. The number of hydrogen-bond donors (Lipinski definition) is 0. The average molecular weight is 517 g/mol. The highest BCUT2D eigenvalue weighted by molar-refractivity contribution is 5.89. The van der Waals surface area contributed by atoms with Crippen LogP contribution in [0.25, 0.3) is 11.0 Å². The molecule has 6 nitrogen and oxygen atoms in total. The molecule has 2 aliphatic carbocycles. The highest BCUT2D eigenvalue weighted by Gasteiger charge is 2.57.